The summed E-state index contributed by atoms with van der Waals surface area (Å²) in [5, 5.41) is 2.99. The third-order valence-corrected chi connectivity index (χ3v) is 3.19. The van der Waals surface area contributed by atoms with Gasteiger partial charge in [0.2, 0.25) is 0 Å². The van der Waals surface area contributed by atoms with E-state index < -0.39 is 0 Å². The average Bonchev–Trinajstić information content (AvgIpc) is 2.28. The van der Waals surface area contributed by atoms with Crippen LogP contribution in [0.3, 0.4) is 0 Å². The van der Waals surface area contributed by atoms with Gasteiger partial charge in [0.25, 0.3) is 5.56 Å². The first-order valence-corrected chi connectivity index (χ1v) is 6.41. The van der Waals surface area contributed by atoms with Gasteiger partial charge in [-0.1, -0.05) is 22.0 Å². The van der Waals surface area contributed by atoms with Gasteiger partial charge in [-0.2, -0.15) is 0 Å². The second-order valence-corrected chi connectivity index (χ2v) is 4.95. The highest BCUT2D eigenvalue weighted by Crippen LogP contribution is 2.25. The van der Waals surface area contributed by atoms with Crippen molar-refractivity contribution in [1.82, 2.24) is 15.3 Å². The molecule has 0 amide bonds. The van der Waals surface area contributed by atoms with E-state index in [1.54, 1.807) is 0 Å². The Bertz CT molecular complexity index is 622. The van der Waals surface area contributed by atoms with Crippen LogP contribution in [-0.4, -0.2) is 17.0 Å². The van der Waals surface area contributed by atoms with Gasteiger partial charge in [0.1, 0.15) is 5.82 Å². The number of nitrogens with one attached hydrogen (secondary N) is 2. The number of benzene rings is 1. The van der Waals surface area contributed by atoms with Gasteiger partial charge < -0.3 is 10.3 Å². The molecule has 2 N–H and O–H groups in total. The van der Waals surface area contributed by atoms with Crippen molar-refractivity contribution in [2.45, 2.75) is 13.5 Å². The number of aryl methyl sites for hydroxylation is 1. The van der Waals surface area contributed by atoms with E-state index in [0.29, 0.717) is 12.4 Å². The minimum atomic E-state index is -0.141. The fraction of sp³-hybridized carbons (Fsp3) is 0.231. The highest BCUT2D eigenvalue weighted by Gasteiger charge is 2.07. The van der Waals surface area contributed by atoms with Crippen LogP contribution in [0.15, 0.2) is 33.5 Å². The van der Waals surface area contributed by atoms with E-state index in [1.807, 2.05) is 32.2 Å². The van der Waals surface area contributed by atoms with E-state index in [2.05, 4.69) is 31.2 Å². The Morgan fingerprint density at radius 1 is 1.39 bits per heavy atom. The molecule has 0 spiro atoms. The van der Waals surface area contributed by atoms with Crippen molar-refractivity contribution >= 4 is 15.9 Å². The minimum Gasteiger partial charge on any atom is -0.314 e. The number of H-pyrrole nitrogens is 1. The molecular weight excluding hydrogens is 294 g/mol. The van der Waals surface area contributed by atoms with Crippen LogP contribution < -0.4 is 10.9 Å². The molecule has 0 saturated heterocycles. The molecule has 0 unspecified atom stereocenters. The molecule has 4 nitrogen and oxygen atoms in total. The predicted octanol–water partition coefficient (Wildman–Crippen LogP) is 2.23. The molecule has 5 heteroatoms. The van der Waals surface area contributed by atoms with Gasteiger partial charge in [0, 0.05) is 22.6 Å². The number of hydrogen-bond donors (Lipinski definition) is 2. The standard InChI is InChI=1S/C13H14BrN3O/c1-8-3-4-10(11(14)5-8)13-16-9(7-15-2)6-12(18)17-13/h3-6,15H,7H2,1-2H3,(H,16,17,18). The Balaban J connectivity index is 2.53. The molecule has 0 aliphatic carbocycles. The first kappa shape index (κ1) is 13.0. The summed E-state index contributed by atoms with van der Waals surface area (Å²) < 4.78 is 0.923. The third-order valence-electron chi connectivity index (χ3n) is 2.53. The minimum absolute atomic E-state index is 0.141. The van der Waals surface area contributed by atoms with Crippen LogP contribution in [0.5, 0.6) is 0 Å². The van der Waals surface area contributed by atoms with E-state index in [9.17, 15) is 4.79 Å². The number of nitrogens with zero attached hydrogens (tertiary/aromatic N) is 1. The summed E-state index contributed by atoms with van der Waals surface area (Å²) in [7, 11) is 1.82. The van der Waals surface area contributed by atoms with Crippen LogP contribution in [0.25, 0.3) is 11.4 Å². The number of hydrogen-bond acceptors (Lipinski definition) is 3. The van der Waals surface area contributed by atoms with Gasteiger partial charge in [-0.3, -0.25) is 4.79 Å². The lowest BCUT2D eigenvalue weighted by Gasteiger charge is -2.06. The van der Waals surface area contributed by atoms with Crippen molar-refractivity contribution in [3.05, 3.63) is 50.3 Å². The first-order chi connectivity index (χ1) is 8.60. The monoisotopic (exact) mass is 307 g/mol. The second kappa shape index (κ2) is 5.46. The molecule has 2 rings (SSSR count). The fourth-order valence-electron chi connectivity index (χ4n) is 1.72. The molecule has 0 fully saturated rings. The molecule has 0 bridgehead atoms. The van der Waals surface area contributed by atoms with Crippen LogP contribution >= 0.6 is 15.9 Å². The summed E-state index contributed by atoms with van der Waals surface area (Å²) in [5.74, 6) is 0.583. The second-order valence-electron chi connectivity index (χ2n) is 4.10. The molecule has 1 aromatic heterocycles. The van der Waals surface area contributed by atoms with Crippen molar-refractivity contribution in [3.63, 3.8) is 0 Å². The van der Waals surface area contributed by atoms with Gasteiger partial charge in [0.15, 0.2) is 0 Å². The normalized spacial score (nSPS) is 10.6. The Labute approximate surface area is 114 Å². The zero-order chi connectivity index (χ0) is 13.1. The first-order valence-electron chi connectivity index (χ1n) is 5.61. The highest BCUT2D eigenvalue weighted by molar-refractivity contribution is 9.10. The third kappa shape index (κ3) is 2.86. The molecule has 0 aliphatic heterocycles. The maximum Gasteiger partial charge on any atom is 0.251 e. The predicted molar refractivity (Wildman–Crippen MR) is 75.5 cm³/mol. The molecular formula is C13H14BrN3O. The Morgan fingerprint density at radius 3 is 2.83 bits per heavy atom. The summed E-state index contributed by atoms with van der Waals surface area (Å²) >= 11 is 3.49. The van der Waals surface area contributed by atoms with Gasteiger partial charge >= 0.3 is 0 Å². The van der Waals surface area contributed by atoms with E-state index in [-0.39, 0.29) is 5.56 Å². The topological polar surface area (TPSA) is 57.8 Å². The van der Waals surface area contributed by atoms with E-state index in [4.69, 9.17) is 0 Å². The maximum atomic E-state index is 11.6. The van der Waals surface area contributed by atoms with E-state index in [0.717, 1.165) is 21.3 Å². The van der Waals surface area contributed by atoms with Gasteiger partial charge in [-0.25, -0.2) is 4.98 Å². The summed E-state index contributed by atoms with van der Waals surface area (Å²) in [5.41, 5.74) is 2.62. The average molecular weight is 308 g/mol. The zero-order valence-electron chi connectivity index (χ0n) is 10.2. The molecule has 1 heterocycles. The molecule has 0 saturated carbocycles. The van der Waals surface area contributed by atoms with Gasteiger partial charge in [-0.15, -0.1) is 0 Å². The molecule has 2 aromatic rings. The molecule has 0 aliphatic rings. The molecule has 94 valence electrons. The number of aromatic amines is 1. The van der Waals surface area contributed by atoms with Crippen LogP contribution in [0, 0.1) is 6.92 Å². The Kier molecular flexibility index (Phi) is 3.93. The van der Waals surface area contributed by atoms with E-state index >= 15 is 0 Å². The summed E-state index contributed by atoms with van der Waals surface area (Å²) in [6.45, 7) is 2.59. The van der Waals surface area contributed by atoms with Crippen molar-refractivity contribution in [2.24, 2.45) is 0 Å². The lowest BCUT2D eigenvalue weighted by Crippen LogP contribution is -2.15. The van der Waals surface area contributed by atoms with E-state index in [1.165, 1.54) is 6.07 Å². The fourth-order valence-corrected chi connectivity index (χ4v) is 2.40. The van der Waals surface area contributed by atoms with Crippen molar-refractivity contribution in [3.8, 4) is 11.4 Å². The summed E-state index contributed by atoms with van der Waals surface area (Å²) in [6.07, 6.45) is 0. The molecule has 0 radical (unpaired) electrons. The maximum absolute atomic E-state index is 11.6. The molecule has 18 heavy (non-hydrogen) atoms. The largest absolute Gasteiger partial charge is 0.314 e. The van der Waals surface area contributed by atoms with Crippen molar-refractivity contribution < 1.29 is 0 Å². The molecule has 1 aromatic carbocycles. The summed E-state index contributed by atoms with van der Waals surface area (Å²) in [4.78, 5) is 18.8. The quantitative estimate of drug-likeness (QED) is 0.914. The smallest absolute Gasteiger partial charge is 0.251 e. The van der Waals surface area contributed by atoms with Gasteiger partial charge in [0.05, 0.1) is 5.69 Å². The van der Waals surface area contributed by atoms with Gasteiger partial charge in [-0.05, 0) is 31.7 Å². The Morgan fingerprint density at radius 2 is 2.17 bits per heavy atom. The van der Waals surface area contributed by atoms with Crippen molar-refractivity contribution in [1.29, 1.82) is 0 Å². The molecule has 0 atom stereocenters. The lowest BCUT2D eigenvalue weighted by atomic mass is 10.1. The van der Waals surface area contributed by atoms with Crippen LogP contribution in [0.4, 0.5) is 0 Å². The van der Waals surface area contributed by atoms with Crippen LogP contribution in [0.2, 0.25) is 0 Å². The van der Waals surface area contributed by atoms with Crippen molar-refractivity contribution in [2.75, 3.05) is 7.05 Å². The van der Waals surface area contributed by atoms with Crippen LogP contribution in [0.1, 0.15) is 11.3 Å². The van der Waals surface area contributed by atoms with Crippen LogP contribution in [-0.2, 0) is 6.54 Å². The lowest BCUT2D eigenvalue weighted by molar-refractivity contribution is 0.785. The highest BCUT2D eigenvalue weighted by atomic mass is 79.9. The SMILES string of the molecule is CNCc1cc(=O)[nH]c(-c2ccc(C)cc2Br)n1. The number of aromatic nitrogens is 2. The number of rotatable bonds is 3. The zero-order valence-corrected chi connectivity index (χ0v) is 11.8. The Hall–Kier alpha value is -1.46. The number of halogens is 1. The summed E-state index contributed by atoms with van der Waals surface area (Å²) in [6, 6.07) is 7.44.